The summed E-state index contributed by atoms with van der Waals surface area (Å²) in [4.78, 5) is 24.9. The first-order valence-corrected chi connectivity index (χ1v) is 9.49. The Morgan fingerprint density at radius 3 is 2.78 bits per heavy atom. The first kappa shape index (κ1) is 19.1. The summed E-state index contributed by atoms with van der Waals surface area (Å²) >= 11 is 0. The number of hydrogen-bond acceptors (Lipinski definition) is 4. The lowest BCUT2D eigenvalue weighted by atomic mass is 10.1. The lowest BCUT2D eigenvalue weighted by molar-refractivity contribution is -0.124. The molecule has 7 nitrogen and oxygen atoms in total. The molecule has 1 aromatic heterocycles. The maximum atomic E-state index is 12.7. The number of nitrogens with zero attached hydrogens (tertiary/aromatic N) is 2. The van der Waals surface area contributed by atoms with Gasteiger partial charge in [0.2, 0.25) is 0 Å². The molecular formula is C20H26N4O3. The second-order valence-electron chi connectivity index (χ2n) is 6.66. The van der Waals surface area contributed by atoms with Gasteiger partial charge in [-0.2, -0.15) is 5.10 Å². The molecule has 27 heavy (non-hydrogen) atoms. The summed E-state index contributed by atoms with van der Waals surface area (Å²) in [5, 5.41) is 10.1. The molecule has 1 aliphatic rings. The van der Waals surface area contributed by atoms with Gasteiger partial charge in [0.25, 0.3) is 11.8 Å². The first-order valence-electron chi connectivity index (χ1n) is 9.49. The van der Waals surface area contributed by atoms with Gasteiger partial charge in [0.05, 0.1) is 12.2 Å². The highest BCUT2D eigenvalue weighted by molar-refractivity contribution is 6.05. The Bertz CT molecular complexity index is 792. The van der Waals surface area contributed by atoms with E-state index in [1.54, 1.807) is 36.5 Å². The molecule has 1 fully saturated rings. The van der Waals surface area contributed by atoms with E-state index in [9.17, 15) is 9.59 Å². The lowest BCUT2D eigenvalue weighted by Gasteiger charge is -2.17. The lowest BCUT2D eigenvalue weighted by Crippen LogP contribution is -2.27. The number of benzene rings is 1. The van der Waals surface area contributed by atoms with Crippen molar-refractivity contribution in [3.8, 4) is 0 Å². The van der Waals surface area contributed by atoms with Crippen molar-refractivity contribution in [2.45, 2.75) is 51.7 Å². The average Bonchev–Trinajstić information content (AvgIpc) is 3.36. The number of anilines is 2. The predicted molar refractivity (Wildman–Crippen MR) is 104 cm³/mol. The van der Waals surface area contributed by atoms with Crippen LogP contribution in [0, 0.1) is 0 Å². The summed E-state index contributed by atoms with van der Waals surface area (Å²) in [5.74, 6) is 0.260. The highest BCUT2D eigenvalue weighted by atomic mass is 16.5. The van der Waals surface area contributed by atoms with Crippen LogP contribution in [0.4, 0.5) is 11.5 Å². The summed E-state index contributed by atoms with van der Waals surface area (Å²) in [6, 6.07) is 8.93. The van der Waals surface area contributed by atoms with Crippen LogP contribution in [0.15, 0.2) is 36.5 Å². The Balaban J connectivity index is 1.69. The van der Waals surface area contributed by atoms with E-state index in [0.717, 1.165) is 25.7 Å². The molecular weight excluding hydrogens is 344 g/mol. The van der Waals surface area contributed by atoms with Crippen molar-refractivity contribution in [3.05, 3.63) is 42.1 Å². The average molecular weight is 370 g/mol. The molecule has 2 amide bonds. The smallest absolute Gasteiger partial charge is 0.256 e. The fourth-order valence-corrected chi connectivity index (χ4v) is 3.27. The zero-order chi connectivity index (χ0) is 19.2. The van der Waals surface area contributed by atoms with Crippen LogP contribution in [-0.2, 0) is 9.53 Å². The van der Waals surface area contributed by atoms with E-state index < -0.39 is 6.10 Å². The minimum atomic E-state index is -0.406. The minimum absolute atomic E-state index is 0.170. The summed E-state index contributed by atoms with van der Waals surface area (Å²) in [5.41, 5.74) is 1.05. The van der Waals surface area contributed by atoms with Gasteiger partial charge in [-0.3, -0.25) is 9.59 Å². The number of hydrogen-bond donors (Lipinski definition) is 2. The van der Waals surface area contributed by atoms with Crippen LogP contribution in [-0.4, -0.2) is 34.3 Å². The highest BCUT2D eigenvalue weighted by Crippen LogP contribution is 2.21. The van der Waals surface area contributed by atoms with E-state index in [2.05, 4.69) is 29.6 Å². The van der Waals surface area contributed by atoms with Gasteiger partial charge in [-0.25, -0.2) is 4.68 Å². The van der Waals surface area contributed by atoms with Gasteiger partial charge in [0.15, 0.2) is 0 Å². The van der Waals surface area contributed by atoms with Crippen molar-refractivity contribution in [2.75, 3.05) is 17.2 Å². The monoisotopic (exact) mass is 370 g/mol. The molecule has 0 saturated carbocycles. The number of carbonyl (C=O) groups is 2. The number of rotatable bonds is 7. The Kier molecular flexibility index (Phi) is 6.24. The van der Waals surface area contributed by atoms with Gasteiger partial charge < -0.3 is 15.4 Å². The second kappa shape index (κ2) is 8.81. The van der Waals surface area contributed by atoms with Crippen LogP contribution in [0.2, 0.25) is 0 Å². The van der Waals surface area contributed by atoms with E-state index in [4.69, 9.17) is 4.74 Å². The van der Waals surface area contributed by atoms with Gasteiger partial charge in [0.1, 0.15) is 11.9 Å². The third-order valence-corrected chi connectivity index (χ3v) is 4.81. The molecule has 2 N–H and O–H groups in total. The quantitative estimate of drug-likeness (QED) is 0.780. The normalized spacial score (nSPS) is 16.5. The van der Waals surface area contributed by atoms with Crippen LogP contribution in [0.1, 0.15) is 55.9 Å². The van der Waals surface area contributed by atoms with Crippen LogP contribution in [0.3, 0.4) is 0 Å². The zero-order valence-corrected chi connectivity index (χ0v) is 15.8. The third kappa shape index (κ3) is 4.54. The van der Waals surface area contributed by atoms with E-state index in [1.807, 2.05) is 4.68 Å². The van der Waals surface area contributed by atoms with Gasteiger partial charge in [-0.1, -0.05) is 19.9 Å². The van der Waals surface area contributed by atoms with Crippen molar-refractivity contribution < 1.29 is 14.3 Å². The largest absolute Gasteiger partial charge is 0.368 e. The molecule has 1 saturated heterocycles. The molecule has 2 heterocycles. The fourth-order valence-electron chi connectivity index (χ4n) is 3.27. The molecule has 3 rings (SSSR count). The molecule has 0 aliphatic carbocycles. The first-order chi connectivity index (χ1) is 13.1. The Hall–Kier alpha value is -2.67. The zero-order valence-electron chi connectivity index (χ0n) is 15.8. The number of nitrogens with one attached hydrogen (secondary N) is 2. The molecule has 0 spiro atoms. The van der Waals surface area contributed by atoms with E-state index in [0.29, 0.717) is 23.7 Å². The van der Waals surface area contributed by atoms with Crippen molar-refractivity contribution in [1.29, 1.82) is 0 Å². The van der Waals surface area contributed by atoms with E-state index >= 15 is 0 Å². The van der Waals surface area contributed by atoms with Crippen molar-refractivity contribution >= 4 is 23.3 Å². The van der Waals surface area contributed by atoms with Crippen LogP contribution < -0.4 is 10.6 Å². The molecule has 0 radical (unpaired) electrons. The topological polar surface area (TPSA) is 85.3 Å². The Morgan fingerprint density at radius 2 is 2.07 bits per heavy atom. The van der Waals surface area contributed by atoms with Gasteiger partial charge in [0, 0.05) is 23.9 Å². The minimum Gasteiger partial charge on any atom is -0.368 e. The second-order valence-corrected chi connectivity index (χ2v) is 6.66. The van der Waals surface area contributed by atoms with E-state index in [-0.39, 0.29) is 17.9 Å². The van der Waals surface area contributed by atoms with Crippen LogP contribution in [0.25, 0.3) is 0 Å². The van der Waals surface area contributed by atoms with E-state index in [1.165, 1.54) is 0 Å². The number of carbonyl (C=O) groups excluding carboxylic acids is 2. The van der Waals surface area contributed by atoms with Gasteiger partial charge in [-0.15, -0.1) is 0 Å². The summed E-state index contributed by atoms with van der Waals surface area (Å²) in [7, 11) is 0. The summed E-state index contributed by atoms with van der Waals surface area (Å²) in [6.07, 6.45) is 4.78. The highest BCUT2D eigenvalue weighted by Gasteiger charge is 2.23. The summed E-state index contributed by atoms with van der Waals surface area (Å²) in [6.45, 7) is 4.81. The maximum Gasteiger partial charge on any atom is 0.256 e. The van der Waals surface area contributed by atoms with Gasteiger partial charge >= 0.3 is 0 Å². The van der Waals surface area contributed by atoms with Crippen LogP contribution >= 0.6 is 0 Å². The Morgan fingerprint density at radius 1 is 1.26 bits per heavy atom. The van der Waals surface area contributed by atoms with Crippen LogP contribution in [0.5, 0.6) is 0 Å². The number of aromatic nitrogens is 2. The maximum absolute atomic E-state index is 12.7. The number of amides is 2. The Labute approximate surface area is 159 Å². The number of ether oxygens (including phenoxy) is 1. The molecule has 1 unspecified atom stereocenters. The molecule has 0 bridgehead atoms. The van der Waals surface area contributed by atoms with Crippen molar-refractivity contribution in [3.63, 3.8) is 0 Å². The molecule has 2 aromatic rings. The molecule has 7 heteroatoms. The standard InChI is InChI=1S/C20H26N4O3/c1-3-16(4-2)24-18(10-11-21-24)23-19(25)14-7-5-8-15(13-14)22-20(26)17-9-6-12-27-17/h5,7-8,10-11,13,16-17H,3-4,6,9,12H2,1-2H3,(H,22,26)(H,23,25). The van der Waals surface area contributed by atoms with Crippen molar-refractivity contribution in [2.24, 2.45) is 0 Å². The SMILES string of the molecule is CCC(CC)n1nccc1NC(=O)c1cccc(NC(=O)C2CCCO2)c1. The third-order valence-electron chi connectivity index (χ3n) is 4.81. The van der Waals surface area contributed by atoms with Crippen molar-refractivity contribution in [1.82, 2.24) is 9.78 Å². The molecule has 1 aromatic carbocycles. The molecule has 1 aliphatic heterocycles. The fraction of sp³-hybridized carbons (Fsp3) is 0.450. The van der Waals surface area contributed by atoms with Gasteiger partial charge in [-0.05, 0) is 43.9 Å². The molecule has 144 valence electrons. The summed E-state index contributed by atoms with van der Waals surface area (Å²) < 4.78 is 7.24. The predicted octanol–water partition coefficient (Wildman–Crippen LogP) is 3.61. The molecule has 1 atom stereocenters.